The van der Waals surface area contributed by atoms with Gasteiger partial charge in [0.2, 0.25) is 0 Å². The second-order valence-electron chi connectivity index (χ2n) is 8.94. The lowest BCUT2D eigenvalue weighted by molar-refractivity contribution is 0.863. The molecule has 0 atom stereocenters. The second-order valence-corrected chi connectivity index (χ2v) is 8.94. The van der Waals surface area contributed by atoms with Gasteiger partial charge in [-0.3, -0.25) is 0 Å². The molecule has 0 aliphatic carbocycles. The van der Waals surface area contributed by atoms with Gasteiger partial charge in [-0.05, 0) is 50.2 Å². The number of para-hydroxylation sites is 3. The van der Waals surface area contributed by atoms with E-state index < -0.39 is 0 Å². The molecule has 0 radical (unpaired) electrons. The number of pyridine rings is 2. The first-order valence-corrected chi connectivity index (χ1v) is 11.9. The number of nitrogens with zero attached hydrogens (tertiary/aromatic N) is 6. The van der Waals surface area contributed by atoms with Crippen LogP contribution >= 0.6 is 0 Å². The smallest absolute Gasteiger partial charge is 0.166 e. The highest BCUT2D eigenvalue weighted by Gasteiger charge is 2.24. The Morgan fingerprint density at radius 2 is 1.06 bits per heavy atom. The molecule has 172 valence electrons. The molecule has 0 aliphatic rings. The summed E-state index contributed by atoms with van der Waals surface area (Å²) in [7, 11) is 0. The summed E-state index contributed by atoms with van der Waals surface area (Å²) in [5, 5.41) is 13.0. The largest absolute Gasteiger partial charge is 0.248 e. The van der Waals surface area contributed by atoms with Crippen molar-refractivity contribution in [3.05, 3.63) is 108 Å². The van der Waals surface area contributed by atoms with Crippen molar-refractivity contribution in [2.75, 3.05) is 0 Å². The lowest BCUT2D eigenvalue weighted by atomic mass is 10.0. The van der Waals surface area contributed by atoms with Crippen molar-refractivity contribution in [2.24, 2.45) is 0 Å². The van der Waals surface area contributed by atoms with Crippen LogP contribution in [0.3, 0.4) is 0 Å². The summed E-state index contributed by atoms with van der Waals surface area (Å²) in [6, 6.07) is 32.7. The molecule has 0 aliphatic heterocycles. The summed E-state index contributed by atoms with van der Waals surface area (Å²) >= 11 is 0. The predicted molar refractivity (Wildman–Crippen MR) is 144 cm³/mol. The molecule has 7 rings (SSSR count). The molecule has 0 N–H and O–H groups in total. The maximum absolute atomic E-state index is 5.19. The summed E-state index contributed by atoms with van der Waals surface area (Å²) in [6.07, 6.45) is 0. The first kappa shape index (κ1) is 20.5. The molecular formula is C30H22N6. The van der Waals surface area contributed by atoms with Gasteiger partial charge < -0.3 is 0 Å². The van der Waals surface area contributed by atoms with Crippen LogP contribution in [-0.2, 0) is 0 Å². The van der Waals surface area contributed by atoms with Gasteiger partial charge in [0.05, 0.1) is 44.7 Å². The van der Waals surface area contributed by atoms with Crippen LogP contribution < -0.4 is 0 Å². The number of benzene rings is 3. The molecule has 3 aromatic carbocycles. The number of hydrogen-bond acceptors (Lipinski definition) is 4. The average molecular weight is 467 g/mol. The molecule has 4 heterocycles. The molecular weight excluding hydrogens is 444 g/mol. The third kappa shape index (κ3) is 3.04. The Kier molecular flexibility index (Phi) is 4.48. The fourth-order valence-electron chi connectivity index (χ4n) is 5.01. The Labute approximate surface area is 207 Å². The molecule has 0 unspecified atom stereocenters. The SMILES string of the molecule is Cc1nn(-c2ccccc2)c2nc3c(c(C)nn3-c3ccccc3)c(-c3ccc4ccccc4n3)c12. The van der Waals surface area contributed by atoms with Crippen LogP contribution in [0.25, 0.3) is 55.6 Å². The summed E-state index contributed by atoms with van der Waals surface area (Å²) < 4.78 is 3.85. The van der Waals surface area contributed by atoms with E-state index in [0.29, 0.717) is 0 Å². The number of rotatable bonds is 3. The highest BCUT2D eigenvalue weighted by molar-refractivity contribution is 6.10. The highest BCUT2D eigenvalue weighted by Crippen LogP contribution is 2.39. The molecule has 0 fully saturated rings. The van der Waals surface area contributed by atoms with Gasteiger partial charge in [0, 0.05) is 10.9 Å². The van der Waals surface area contributed by atoms with E-state index in [0.717, 1.165) is 67.0 Å². The zero-order valence-corrected chi connectivity index (χ0v) is 19.9. The molecule has 0 bridgehead atoms. The van der Waals surface area contributed by atoms with E-state index in [4.69, 9.17) is 20.2 Å². The molecule has 4 aromatic heterocycles. The molecule has 36 heavy (non-hydrogen) atoms. The fraction of sp³-hybridized carbons (Fsp3) is 0.0667. The van der Waals surface area contributed by atoms with Gasteiger partial charge in [0.15, 0.2) is 11.3 Å². The zero-order valence-electron chi connectivity index (χ0n) is 19.9. The maximum Gasteiger partial charge on any atom is 0.166 e. The first-order chi connectivity index (χ1) is 17.7. The van der Waals surface area contributed by atoms with E-state index in [9.17, 15) is 0 Å². The molecule has 0 spiro atoms. The van der Waals surface area contributed by atoms with E-state index in [1.165, 1.54) is 0 Å². The third-order valence-electron chi connectivity index (χ3n) is 6.64. The molecule has 6 heteroatoms. The van der Waals surface area contributed by atoms with Crippen LogP contribution in [0.1, 0.15) is 11.4 Å². The lowest BCUT2D eigenvalue weighted by Crippen LogP contribution is -2.01. The number of aryl methyl sites for hydroxylation is 2. The molecule has 6 nitrogen and oxygen atoms in total. The van der Waals surface area contributed by atoms with Gasteiger partial charge in [-0.1, -0.05) is 60.7 Å². The predicted octanol–water partition coefficient (Wildman–Crippen LogP) is 6.59. The standard InChI is InChI=1S/C30H22N6/c1-19-26-28(25-18-17-21-11-9-10-16-24(21)31-25)27-20(2)34-36(23-14-7-4-8-15-23)30(27)32-29(26)35(33-19)22-12-5-3-6-13-22/h3-18H,1-2H3. The van der Waals surface area contributed by atoms with Crippen LogP contribution in [0.5, 0.6) is 0 Å². The van der Waals surface area contributed by atoms with Crippen molar-refractivity contribution >= 4 is 33.0 Å². The van der Waals surface area contributed by atoms with Gasteiger partial charge in [0.1, 0.15) is 0 Å². The van der Waals surface area contributed by atoms with Crippen molar-refractivity contribution in [1.82, 2.24) is 29.5 Å². The van der Waals surface area contributed by atoms with Crippen molar-refractivity contribution in [3.8, 4) is 22.6 Å². The van der Waals surface area contributed by atoms with E-state index in [2.05, 4.69) is 24.3 Å². The Hall–Kier alpha value is -4.84. The monoisotopic (exact) mass is 466 g/mol. The summed E-state index contributed by atoms with van der Waals surface area (Å²) in [5.74, 6) is 0. The normalized spacial score (nSPS) is 11.6. The number of aromatic nitrogens is 6. The maximum atomic E-state index is 5.19. The van der Waals surface area contributed by atoms with Gasteiger partial charge >= 0.3 is 0 Å². The van der Waals surface area contributed by atoms with Crippen molar-refractivity contribution in [3.63, 3.8) is 0 Å². The van der Waals surface area contributed by atoms with E-state index in [-0.39, 0.29) is 0 Å². The van der Waals surface area contributed by atoms with Gasteiger partial charge in [-0.2, -0.15) is 10.2 Å². The van der Waals surface area contributed by atoms with Gasteiger partial charge in [-0.15, -0.1) is 0 Å². The lowest BCUT2D eigenvalue weighted by Gasteiger charge is -2.10. The minimum atomic E-state index is 0.785. The van der Waals surface area contributed by atoms with Gasteiger partial charge in [0.25, 0.3) is 0 Å². The topological polar surface area (TPSA) is 61.4 Å². The average Bonchev–Trinajstić information content (AvgIpc) is 3.45. The van der Waals surface area contributed by atoms with Crippen molar-refractivity contribution in [1.29, 1.82) is 0 Å². The van der Waals surface area contributed by atoms with E-state index in [1.807, 2.05) is 96.0 Å². The summed E-state index contributed by atoms with van der Waals surface area (Å²) in [6.45, 7) is 4.08. The van der Waals surface area contributed by atoms with Crippen LogP contribution in [0.2, 0.25) is 0 Å². The fourth-order valence-corrected chi connectivity index (χ4v) is 5.01. The highest BCUT2D eigenvalue weighted by atomic mass is 15.3. The quantitative estimate of drug-likeness (QED) is 0.295. The minimum absolute atomic E-state index is 0.785. The van der Waals surface area contributed by atoms with Gasteiger partial charge in [-0.25, -0.2) is 19.3 Å². The van der Waals surface area contributed by atoms with Crippen LogP contribution in [0.15, 0.2) is 97.1 Å². The zero-order chi connectivity index (χ0) is 24.2. The first-order valence-electron chi connectivity index (χ1n) is 11.9. The second kappa shape index (κ2) is 7.85. The van der Waals surface area contributed by atoms with Crippen LogP contribution in [0, 0.1) is 13.8 Å². The van der Waals surface area contributed by atoms with Crippen LogP contribution in [-0.4, -0.2) is 29.5 Å². The molecule has 7 aromatic rings. The molecule has 0 amide bonds. The number of hydrogen-bond donors (Lipinski definition) is 0. The Morgan fingerprint density at radius 1 is 0.528 bits per heavy atom. The van der Waals surface area contributed by atoms with E-state index in [1.54, 1.807) is 0 Å². The number of fused-ring (bicyclic) bond motifs is 3. The minimum Gasteiger partial charge on any atom is -0.248 e. The van der Waals surface area contributed by atoms with Crippen molar-refractivity contribution in [2.45, 2.75) is 13.8 Å². The third-order valence-corrected chi connectivity index (χ3v) is 6.64. The summed E-state index contributed by atoms with van der Waals surface area (Å²) in [5.41, 5.74) is 8.15. The molecule has 0 saturated carbocycles. The summed E-state index contributed by atoms with van der Waals surface area (Å²) in [4.78, 5) is 10.3. The van der Waals surface area contributed by atoms with E-state index >= 15 is 0 Å². The van der Waals surface area contributed by atoms with Crippen molar-refractivity contribution < 1.29 is 0 Å². The Bertz CT molecular complexity index is 1800. The molecule has 0 saturated heterocycles. The van der Waals surface area contributed by atoms with Crippen LogP contribution in [0.4, 0.5) is 0 Å². The Morgan fingerprint density at radius 3 is 1.64 bits per heavy atom. The Balaban J connectivity index is 1.65.